The molecule has 0 aromatic heterocycles. The fourth-order valence-corrected chi connectivity index (χ4v) is 1.66. The van der Waals surface area contributed by atoms with Crippen molar-refractivity contribution in [2.45, 2.75) is 31.6 Å². The van der Waals surface area contributed by atoms with Crippen molar-refractivity contribution in [3.8, 4) is 0 Å². The molecule has 0 heterocycles. The van der Waals surface area contributed by atoms with Gasteiger partial charge in [0.05, 0.1) is 5.41 Å². The Morgan fingerprint density at radius 2 is 1.69 bits per heavy atom. The summed E-state index contributed by atoms with van der Waals surface area (Å²) in [6.07, 6.45) is -0.539. The summed E-state index contributed by atoms with van der Waals surface area (Å²) in [5.41, 5.74) is -0.810. The van der Waals surface area contributed by atoms with Gasteiger partial charge >= 0.3 is 0 Å². The van der Waals surface area contributed by atoms with E-state index in [1.54, 1.807) is 24.3 Å². The van der Waals surface area contributed by atoms with Crippen LogP contribution in [0.3, 0.4) is 0 Å². The first-order valence-electron chi connectivity index (χ1n) is 5.06. The summed E-state index contributed by atoms with van der Waals surface area (Å²) in [5.74, 6) is -2.95. The molecule has 1 aromatic carbocycles. The summed E-state index contributed by atoms with van der Waals surface area (Å²) in [6, 6.07) is 6.36. The minimum Gasteiger partial charge on any atom is -0.396 e. The third-order valence-corrected chi connectivity index (χ3v) is 3.16. The Kier molecular flexibility index (Phi) is 3.92. The molecule has 1 nitrogen and oxygen atoms in total. The molecule has 90 valence electrons. The average Bonchev–Trinajstić information content (AvgIpc) is 2.18. The monoisotopic (exact) mass is 248 g/mol. The fourth-order valence-electron chi connectivity index (χ4n) is 1.53. The number of hydrogen-bond acceptors (Lipinski definition) is 1. The van der Waals surface area contributed by atoms with Crippen molar-refractivity contribution in [1.82, 2.24) is 0 Å². The van der Waals surface area contributed by atoms with Crippen LogP contribution in [0.15, 0.2) is 24.3 Å². The van der Waals surface area contributed by atoms with E-state index in [4.69, 9.17) is 16.7 Å². The third kappa shape index (κ3) is 2.53. The lowest BCUT2D eigenvalue weighted by atomic mass is 9.77. The summed E-state index contributed by atoms with van der Waals surface area (Å²) in [6.45, 7) is 2.40. The van der Waals surface area contributed by atoms with E-state index in [1.807, 2.05) is 0 Å². The van der Waals surface area contributed by atoms with Gasteiger partial charge in [-0.2, -0.15) is 0 Å². The van der Waals surface area contributed by atoms with Crippen molar-refractivity contribution in [2.75, 3.05) is 6.61 Å². The van der Waals surface area contributed by atoms with Gasteiger partial charge in [-0.25, -0.2) is 8.78 Å². The lowest BCUT2D eigenvalue weighted by Crippen LogP contribution is -2.41. The zero-order valence-electron chi connectivity index (χ0n) is 9.30. The molecule has 0 aliphatic carbocycles. The van der Waals surface area contributed by atoms with Gasteiger partial charge in [-0.15, -0.1) is 0 Å². The van der Waals surface area contributed by atoms with E-state index >= 15 is 0 Å². The first kappa shape index (κ1) is 13.4. The second kappa shape index (κ2) is 4.68. The van der Waals surface area contributed by atoms with Crippen LogP contribution in [0.4, 0.5) is 8.78 Å². The third-order valence-electron chi connectivity index (χ3n) is 2.91. The van der Waals surface area contributed by atoms with Crippen LogP contribution in [0.5, 0.6) is 0 Å². The molecule has 0 spiro atoms. The maximum Gasteiger partial charge on any atom is 0.259 e. The Balaban J connectivity index is 3.05. The second-order valence-corrected chi connectivity index (χ2v) is 4.75. The molecule has 1 rings (SSSR count). The Hall–Kier alpha value is -0.670. The quantitative estimate of drug-likeness (QED) is 0.863. The summed E-state index contributed by atoms with van der Waals surface area (Å²) < 4.78 is 27.6. The predicted octanol–water partition coefficient (Wildman–Crippen LogP) is 3.64. The molecular weight excluding hydrogens is 234 g/mol. The summed E-state index contributed by atoms with van der Waals surface area (Å²) in [4.78, 5) is 0. The number of rotatable bonds is 4. The van der Waals surface area contributed by atoms with Gasteiger partial charge < -0.3 is 5.11 Å². The van der Waals surface area contributed by atoms with Gasteiger partial charge in [0.1, 0.15) is 0 Å². The Morgan fingerprint density at radius 3 is 2.12 bits per heavy atom. The number of alkyl halides is 2. The Labute approximate surface area is 99.0 Å². The van der Waals surface area contributed by atoms with Crippen LogP contribution in [-0.2, 0) is 5.41 Å². The van der Waals surface area contributed by atoms with E-state index in [2.05, 4.69) is 0 Å². The summed E-state index contributed by atoms with van der Waals surface area (Å²) in [7, 11) is 0. The number of benzene rings is 1. The van der Waals surface area contributed by atoms with Gasteiger partial charge in [-0.3, -0.25) is 0 Å². The largest absolute Gasteiger partial charge is 0.396 e. The molecule has 0 atom stereocenters. The molecule has 0 radical (unpaired) electrons. The minimum absolute atomic E-state index is 0.510. The van der Waals surface area contributed by atoms with Gasteiger partial charge in [0.15, 0.2) is 0 Å². The van der Waals surface area contributed by atoms with Gasteiger partial charge in [0.2, 0.25) is 0 Å². The fraction of sp³-hybridized carbons (Fsp3) is 0.500. The highest BCUT2D eigenvalue weighted by Gasteiger charge is 2.46. The van der Waals surface area contributed by atoms with Gasteiger partial charge in [0.25, 0.3) is 5.92 Å². The van der Waals surface area contributed by atoms with Crippen molar-refractivity contribution in [2.24, 2.45) is 0 Å². The zero-order valence-corrected chi connectivity index (χ0v) is 10.1. The molecule has 0 fully saturated rings. The van der Waals surface area contributed by atoms with Crippen LogP contribution in [0.1, 0.15) is 25.8 Å². The van der Waals surface area contributed by atoms with Crippen molar-refractivity contribution < 1.29 is 13.9 Å². The highest BCUT2D eigenvalue weighted by molar-refractivity contribution is 6.30. The second-order valence-electron chi connectivity index (χ2n) is 4.31. The molecule has 0 bridgehead atoms. The normalized spacial score (nSPS) is 12.9. The van der Waals surface area contributed by atoms with Gasteiger partial charge in [-0.1, -0.05) is 37.6 Å². The lowest BCUT2D eigenvalue weighted by molar-refractivity contribution is -0.0814. The predicted molar refractivity (Wildman–Crippen MR) is 61.1 cm³/mol. The molecule has 0 amide bonds. The number of hydrogen-bond donors (Lipinski definition) is 1. The molecule has 4 heteroatoms. The SMILES string of the molecule is CC(C)(c1ccc(Cl)cc1)C(F)(F)CCO. The molecule has 0 saturated heterocycles. The highest BCUT2D eigenvalue weighted by Crippen LogP contribution is 2.41. The van der Waals surface area contributed by atoms with E-state index < -0.39 is 24.4 Å². The Morgan fingerprint density at radius 1 is 1.19 bits per heavy atom. The van der Waals surface area contributed by atoms with Crippen molar-refractivity contribution in [1.29, 1.82) is 0 Å². The standard InChI is InChI=1S/C12H15ClF2O/c1-11(2,12(14,15)7-8-16)9-3-5-10(13)6-4-9/h3-6,16H,7-8H2,1-2H3. The van der Waals surface area contributed by atoms with E-state index in [0.29, 0.717) is 10.6 Å². The number of aliphatic hydroxyl groups excluding tert-OH is 1. The van der Waals surface area contributed by atoms with E-state index in [9.17, 15) is 8.78 Å². The Bertz CT molecular complexity index is 347. The van der Waals surface area contributed by atoms with Crippen molar-refractivity contribution in [3.05, 3.63) is 34.9 Å². The lowest BCUT2D eigenvalue weighted by Gasteiger charge is -2.34. The minimum atomic E-state index is -2.95. The van der Waals surface area contributed by atoms with Crippen LogP contribution in [-0.4, -0.2) is 17.6 Å². The highest BCUT2D eigenvalue weighted by atomic mass is 35.5. The molecule has 1 N–H and O–H groups in total. The maximum atomic E-state index is 13.8. The average molecular weight is 249 g/mol. The topological polar surface area (TPSA) is 20.2 Å². The van der Waals surface area contributed by atoms with Crippen LogP contribution in [0.25, 0.3) is 0 Å². The van der Waals surface area contributed by atoms with Crippen LogP contribution in [0, 0.1) is 0 Å². The molecule has 0 aliphatic heterocycles. The van der Waals surface area contributed by atoms with Crippen LogP contribution in [0.2, 0.25) is 5.02 Å². The van der Waals surface area contributed by atoms with Crippen molar-refractivity contribution in [3.63, 3.8) is 0 Å². The van der Waals surface area contributed by atoms with Crippen LogP contribution < -0.4 is 0 Å². The molecular formula is C12H15ClF2O. The molecule has 16 heavy (non-hydrogen) atoms. The molecule has 0 aliphatic rings. The molecule has 0 saturated carbocycles. The number of halogens is 3. The van der Waals surface area contributed by atoms with Gasteiger partial charge in [0, 0.05) is 18.1 Å². The zero-order chi connectivity index (χ0) is 12.4. The van der Waals surface area contributed by atoms with E-state index in [-0.39, 0.29) is 0 Å². The summed E-state index contributed by atoms with van der Waals surface area (Å²) >= 11 is 5.71. The van der Waals surface area contributed by atoms with Crippen LogP contribution >= 0.6 is 11.6 Å². The van der Waals surface area contributed by atoms with Crippen molar-refractivity contribution >= 4 is 11.6 Å². The van der Waals surface area contributed by atoms with E-state index in [1.165, 1.54) is 13.8 Å². The number of aliphatic hydroxyl groups is 1. The van der Waals surface area contributed by atoms with E-state index in [0.717, 1.165) is 0 Å². The smallest absolute Gasteiger partial charge is 0.259 e. The molecule has 0 unspecified atom stereocenters. The maximum absolute atomic E-state index is 13.8. The first-order chi connectivity index (χ1) is 7.31. The van der Waals surface area contributed by atoms with Gasteiger partial charge in [-0.05, 0) is 17.7 Å². The molecule has 1 aromatic rings. The first-order valence-corrected chi connectivity index (χ1v) is 5.44. The summed E-state index contributed by atoms with van der Waals surface area (Å²) in [5, 5.41) is 9.17.